The maximum atomic E-state index is 13.2. The van der Waals surface area contributed by atoms with E-state index in [1.54, 1.807) is 21.3 Å². The second-order valence-electron chi connectivity index (χ2n) is 7.99. The van der Waals surface area contributed by atoms with Crippen molar-refractivity contribution in [2.45, 2.75) is 19.5 Å². The number of hydrogen-bond acceptors (Lipinski definition) is 8. The van der Waals surface area contributed by atoms with Gasteiger partial charge in [-0.3, -0.25) is 4.79 Å². The maximum absolute atomic E-state index is 13.2. The monoisotopic (exact) mass is 487 g/mol. The van der Waals surface area contributed by atoms with Crippen LogP contribution >= 0.6 is 0 Å². The lowest BCUT2D eigenvalue weighted by molar-refractivity contribution is 0.0901. The molecule has 0 unspecified atom stereocenters. The van der Waals surface area contributed by atoms with Gasteiger partial charge in [0.05, 0.1) is 27.8 Å². The molecule has 0 fully saturated rings. The lowest BCUT2D eigenvalue weighted by Gasteiger charge is -2.08. The average Bonchev–Trinajstić information content (AvgIpc) is 3.35. The Hall–Kier alpha value is -4.53. The van der Waals surface area contributed by atoms with E-state index in [1.807, 2.05) is 72.8 Å². The maximum Gasteiger partial charge on any atom is 0.254 e. The first-order chi connectivity index (χ1) is 17.6. The average molecular weight is 488 g/mol. The fourth-order valence-corrected chi connectivity index (χ4v) is 3.52. The number of nitrogens with zero attached hydrogens (tertiary/aromatic N) is 3. The van der Waals surface area contributed by atoms with Gasteiger partial charge in [0.2, 0.25) is 11.9 Å². The van der Waals surface area contributed by atoms with Gasteiger partial charge in [-0.05, 0) is 53.1 Å². The summed E-state index contributed by atoms with van der Waals surface area (Å²) in [7, 11) is 4.87. The predicted octanol–water partition coefficient (Wildman–Crippen LogP) is 4.41. The normalized spacial score (nSPS) is 10.5. The molecule has 2 N–H and O–H groups in total. The van der Waals surface area contributed by atoms with Gasteiger partial charge in [-0.1, -0.05) is 36.4 Å². The van der Waals surface area contributed by atoms with Crippen LogP contribution in [0.2, 0.25) is 0 Å². The van der Waals surface area contributed by atoms with Crippen molar-refractivity contribution in [3.63, 3.8) is 0 Å². The van der Waals surface area contributed by atoms with E-state index in [4.69, 9.17) is 14.2 Å². The van der Waals surface area contributed by atoms with Crippen molar-refractivity contribution >= 4 is 17.8 Å². The molecule has 9 nitrogen and oxygen atoms in total. The summed E-state index contributed by atoms with van der Waals surface area (Å²) in [5.74, 6) is 2.81. The van der Waals surface area contributed by atoms with E-state index in [0.717, 1.165) is 33.9 Å². The third-order valence-corrected chi connectivity index (χ3v) is 5.58. The van der Waals surface area contributed by atoms with Crippen molar-refractivity contribution in [1.82, 2.24) is 14.8 Å². The van der Waals surface area contributed by atoms with E-state index >= 15 is 0 Å². The summed E-state index contributed by atoms with van der Waals surface area (Å²) in [4.78, 5) is 17.7. The van der Waals surface area contributed by atoms with Crippen molar-refractivity contribution in [3.05, 3.63) is 89.5 Å². The van der Waals surface area contributed by atoms with Crippen LogP contribution in [0.4, 0.5) is 11.9 Å². The number of methoxy groups -OCH3 is 3. The lowest BCUT2D eigenvalue weighted by atomic mass is 10.1. The van der Waals surface area contributed by atoms with Gasteiger partial charge in [-0.25, -0.2) is 0 Å². The molecule has 1 heterocycles. The van der Waals surface area contributed by atoms with E-state index in [9.17, 15) is 4.79 Å². The molecule has 0 atom stereocenters. The highest BCUT2D eigenvalue weighted by Gasteiger charge is 2.17. The van der Waals surface area contributed by atoms with Crippen LogP contribution < -0.4 is 24.8 Å². The summed E-state index contributed by atoms with van der Waals surface area (Å²) >= 11 is 0. The van der Waals surface area contributed by atoms with Crippen molar-refractivity contribution < 1.29 is 19.0 Å². The Morgan fingerprint density at radius 2 is 1.14 bits per heavy atom. The number of rotatable bonds is 11. The van der Waals surface area contributed by atoms with E-state index in [2.05, 4.69) is 20.7 Å². The van der Waals surface area contributed by atoms with Crippen LogP contribution in [-0.4, -0.2) is 42.0 Å². The van der Waals surface area contributed by atoms with Gasteiger partial charge < -0.3 is 24.8 Å². The summed E-state index contributed by atoms with van der Waals surface area (Å²) < 4.78 is 16.9. The van der Waals surface area contributed by atoms with Crippen molar-refractivity contribution in [3.8, 4) is 17.2 Å². The molecule has 0 radical (unpaired) electrons. The first-order valence-electron chi connectivity index (χ1n) is 11.4. The summed E-state index contributed by atoms with van der Waals surface area (Å²) in [6, 6.07) is 22.8. The van der Waals surface area contributed by atoms with Gasteiger partial charge >= 0.3 is 0 Å². The standard InChI is InChI=1S/C27H29N5O4/c1-34-22-10-4-19(5-11-22)16-25(33)32-27(29-18-21-8-14-24(36-3)15-9-21)30-26(31-32)28-17-20-6-12-23(35-2)13-7-20/h4-15H,16-18H2,1-3H3,(H2,28,29,30,31). The SMILES string of the molecule is COc1ccc(CNc2nc(NCc3ccc(OC)cc3)n(C(=O)Cc3ccc(OC)cc3)n2)cc1. The van der Waals surface area contributed by atoms with E-state index < -0.39 is 0 Å². The smallest absolute Gasteiger partial charge is 0.254 e. The number of nitrogens with one attached hydrogen (secondary N) is 2. The van der Waals surface area contributed by atoms with Crippen LogP contribution in [0.5, 0.6) is 17.2 Å². The Labute approximate surface area is 210 Å². The molecule has 0 aliphatic carbocycles. The van der Waals surface area contributed by atoms with Gasteiger partial charge in [0.25, 0.3) is 5.91 Å². The highest BCUT2D eigenvalue weighted by Crippen LogP contribution is 2.18. The molecular weight excluding hydrogens is 458 g/mol. The number of benzene rings is 3. The van der Waals surface area contributed by atoms with Crippen LogP contribution in [0, 0.1) is 0 Å². The lowest BCUT2D eigenvalue weighted by Crippen LogP contribution is -2.18. The molecule has 1 aromatic heterocycles. The van der Waals surface area contributed by atoms with Gasteiger partial charge in [0.15, 0.2) is 0 Å². The van der Waals surface area contributed by atoms with Gasteiger partial charge in [0, 0.05) is 13.1 Å². The first-order valence-corrected chi connectivity index (χ1v) is 11.4. The molecule has 0 spiro atoms. The quantitative estimate of drug-likeness (QED) is 0.321. The first kappa shape index (κ1) is 24.6. The molecule has 0 amide bonds. The predicted molar refractivity (Wildman–Crippen MR) is 138 cm³/mol. The van der Waals surface area contributed by atoms with Crippen LogP contribution in [0.1, 0.15) is 21.5 Å². The minimum absolute atomic E-state index is 0.169. The number of aromatic nitrogens is 3. The molecular formula is C27H29N5O4. The molecule has 0 aliphatic rings. The highest BCUT2D eigenvalue weighted by atomic mass is 16.5. The molecule has 0 bridgehead atoms. The Morgan fingerprint density at radius 1 is 0.694 bits per heavy atom. The molecule has 186 valence electrons. The number of carbonyl (C=O) groups excluding carboxylic acids is 1. The van der Waals surface area contributed by atoms with Crippen LogP contribution in [0.25, 0.3) is 0 Å². The Balaban J connectivity index is 1.50. The number of carbonyl (C=O) groups is 1. The van der Waals surface area contributed by atoms with Gasteiger partial charge in [0.1, 0.15) is 17.2 Å². The summed E-state index contributed by atoms with van der Waals surface area (Å²) in [5, 5.41) is 10.9. The molecule has 0 saturated carbocycles. The van der Waals surface area contributed by atoms with Gasteiger partial charge in [-0.2, -0.15) is 9.67 Å². The highest BCUT2D eigenvalue weighted by molar-refractivity contribution is 5.83. The van der Waals surface area contributed by atoms with Crippen LogP contribution in [0.3, 0.4) is 0 Å². The summed E-state index contributed by atoms with van der Waals surface area (Å²) in [5.41, 5.74) is 2.90. The van der Waals surface area contributed by atoms with Crippen LogP contribution in [0.15, 0.2) is 72.8 Å². The molecule has 4 aromatic rings. The molecule has 0 aliphatic heterocycles. The number of hydrogen-bond donors (Lipinski definition) is 2. The number of ether oxygens (including phenoxy) is 3. The zero-order valence-electron chi connectivity index (χ0n) is 20.5. The van der Waals surface area contributed by atoms with Crippen molar-refractivity contribution in [2.24, 2.45) is 0 Å². The van der Waals surface area contributed by atoms with Crippen LogP contribution in [-0.2, 0) is 19.5 Å². The molecule has 3 aromatic carbocycles. The number of anilines is 2. The van der Waals surface area contributed by atoms with E-state index in [-0.39, 0.29) is 12.3 Å². The summed E-state index contributed by atoms with van der Waals surface area (Å²) in [6.07, 6.45) is 0.169. The van der Waals surface area contributed by atoms with Gasteiger partial charge in [-0.15, -0.1) is 5.10 Å². The Bertz CT molecular complexity index is 1270. The molecule has 36 heavy (non-hydrogen) atoms. The Kier molecular flexibility index (Phi) is 8.02. The molecule has 0 saturated heterocycles. The third kappa shape index (κ3) is 6.32. The minimum Gasteiger partial charge on any atom is -0.497 e. The fourth-order valence-electron chi connectivity index (χ4n) is 3.52. The molecule has 9 heteroatoms. The van der Waals surface area contributed by atoms with Crippen molar-refractivity contribution in [1.29, 1.82) is 0 Å². The minimum atomic E-state index is -0.206. The fraction of sp³-hybridized carbons (Fsp3) is 0.222. The second-order valence-corrected chi connectivity index (χ2v) is 7.99. The Morgan fingerprint density at radius 3 is 1.61 bits per heavy atom. The van der Waals surface area contributed by atoms with E-state index in [1.165, 1.54) is 4.68 Å². The second kappa shape index (κ2) is 11.7. The van der Waals surface area contributed by atoms with Crippen molar-refractivity contribution in [2.75, 3.05) is 32.0 Å². The zero-order valence-corrected chi connectivity index (χ0v) is 20.5. The summed E-state index contributed by atoms with van der Waals surface area (Å²) in [6.45, 7) is 0.967. The largest absolute Gasteiger partial charge is 0.497 e. The third-order valence-electron chi connectivity index (χ3n) is 5.58. The molecule has 4 rings (SSSR count). The topological polar surface area (TPSA) is 99.5 Å². The van der Waals surface area contributed by atoms with E-state index in [0.29, 0.717) is 25.0 Å². The zero-order chi connectivity index (χ0) is 25.3.